The second kappa shape index (κ2) is 5.32. The van der Waals surface area contributed by atoms with Gasteiger partial charge in [-0.3, -0.25) is 4.79 Å². The topological polar surface area (TPSA) is 43.1 Å². The van der Waals surface area contributed by atoms with Gasteiger partial charge in [0.15, 0.2) is 0 Å². The Balaban J connectivity index is 0.00000121. The molecule has 0 spiro atoms. The van der Waals surface area contributed by atoms with Crippen molar-refractivity contribution in [3.63, 3.8) is 0 Å². The van der Waals surface area contributed by atoms with Gasteiger partial charge in [-0.15, -0.1) is 0 Å². The van der Waals surface area contributed by atoms with Crippen molar-refractivity contribution in [1.29, 1.82) is 0 Å². The minimum atomic E-state index is -0.422. The molecule has 0 saturated carbocycles. The van der Waals surface area contributed by atoms with E-state index in [0.717, 1.165) is 5.56 Å². The van der Waals surface area contributed by atoms with Crippen LogP contribution in [0.25, 0.3) is 6.08 Å². The van der Waals surface area contributed by atoms with Gasteiger partial charge in [0, 0.05) is 6.08 Å². The largest absolute Gasteiger partial charge is 0.366 e. The summed E-state index contributed by atoms with van der Waals surface area (Å²) in [4.78, 5) is 10.3. The van der Waals surface area contributed by atoms with E-state index in [1.807, 2.05) is 30.3 Å². The van der Waals surface area contributed by atoms with Crippen molar-refractivity contribution in [2.45, 2.75) is 0 Å². The highest BCUT2D eigenvalue weighted by atomic mass is 28.1. The lowest BCUT2D eigenvalue weighted by atomic mass is 10.2. The number of nitrogens with two attached hydrogens (primary N) is 1. The quantitative estimate of drug-likeness (QED) is 0.493. The predicted octanol–water partition coefficient (Wildman–Crippen LogP) is -0.266. The predicted molar refractivity (Wildman–Crippen MR) is 56.0 cm³/mol. The second-order valence-electron chi connectivity index (χ2n) is 2.15. The summed E-state index contributed by atoms with van der Waals surface area (Å²) in [6.07, 6.45) is 3.03. The normalized spacial score (nSPS) is 9.33. The highest BCUT2D eigenvalue weighted by molar-refractivity contribution is 5.90. The molecule has 0 aliphatic heterocycles. The third-order valence-corrected chi connectivity index (χ3v) is 1.24. The maximum Gasteiger partial charge on any atom is 0.241 e. The van der Waals surface area contributed by atoms with Crippen LogP contribution < -0.4 is 5.73 Å². The van der Waals surface area contributed by atoms with E-state index >= 15 is 0 Å². The summed E-state index contributed by atoms with van der Waals surface area (Å²) in [7, 11) is 0. The molecule has 1 aromatic rings. The Kier molecular flexibility index (Phi) is 4.72. The summed E-state index contributed by atoms with van der Waals surface area (Å²) in [5.74, 6) is -0.422. The highest BCUT2D eigenvalue weighted by Gasteiger charge is 1.84. The van der Waals surface area contributed by atoms with E-state index in [-0.39, 0.29) is 11.0 Å². The molecular formula is C9H13NOSi. The number of benzene rings is 1. The number of carbonyl (C=O) groups is 1. The van der Waals surface area contributed by atoms with Gasteiger partial charge in [0.2, 0.25) is 5.91 Å². The molecule has 0 saturated heterocycles. The smallest absolute Gasteiger partial charge is 0.241 e. The third kappa shape index (κ3) is 3.73. The second-order valence-corrected chi connectivity index (χ2v) is 2.15. The molecule has 0 bridgehead atoms. The molecule has 0 fully saturated rings. The number of hydrogen-bond donors (Lipinski definition) is 1. The van der Waals surface area contributed by atoms with E-state index in [2.05, 4.69) is 0 Å². The van der Waals surface area contributed by atoms with Crippen molar-refractivity contribution in [2.24, 2.45) is 5.73 Å². The molecule has 1 rings (SSSR count). The highest BCUT2D eigenvalue weighted by Crippen LogP contribution is 1.99. The van der Waals surface area contributed by atoms with Crippen LogP contribution in [0, 0.1) is 0 Å². The lowest BCUT2D eigenvalue weighted by molar-refractivity contribution is -0.113. The molecule has 0 unspecified atom stereocenters. The fraction of sp³-hybridized carbons (Fsp3) is 0. The van der Waals surface area contributed by atoms with Crippen molar-refractivity contribution in [3.05, 3.63) is 42.0 Å². The Morgan fingerprint density at radius 2 is 1.83 bits per heavy atom. The third-order valence-electron chi connectivity index (χ3n) is 1.24. The average Bonchev–Trinajstić information content (AvgIpc) is 2.03. The summed E-state index contributed by atoms with van der Waals surface area (Å²) in [6.45, 7) is 0. The molecular weight excluding hydrogens is 166 g/mol. The van der Waals surface area contributed by atoms with Crippen LogP contribution in [0.4, 0.5) is 0 Å². The molecule has 0 heterocycles. The van der Waals surface area contributed by atoms with Crippen molar-refractivity contribution in [3.8, 4) is 0 Å². The van der Waals surface area contributed by atoms with Gasteiger partial charge in [0.05, 0.1) is 0 Å². The van der Waals surface area contributed by atoms with E-state index in [4.69, 9.17) is 5.73 Å². The lowest BCUT2D eigenvalue weighted by Gasteiger charge is -1.88. The molecule has 0 atom stereocenters. The van der Waals surface area contributed by atoms with E-state index < -0.39 is 5.91 Å². The minimum Gasteiger partial charge on any atom is -0.366 e. The zero-order chi connectivity index (χ0) is 8.10. The molecule has 0 radical (unpaired) electrons. The van der Waals surface area contributed by atoms with Crippen molar-refractivity contribution < 1.29 is 4.79 Å². The minimum absolute atomic E-state index is 0. The van der Waals surface area contributed by atoms with Gasteiger partial charge in [-0.2, -0.15) is 0 Å². The van der Waals surface area contributed by atoms with Gasteiger partial charge in [-0.05, 0) is 22.6 Å². The van der Waals surface area contributed by atoms with Gasteiger partial charge in [-0.25, -0.2) is 0 Å². The van der Waals surface area contributed by atoms with Gasteiger partial charge in [0.25, 0.3) is 0 Å². The van der Waals surface area contributed by atoms with E-state index in [9.17, 15) is 4.79 Å². The van der Waals surface area contributed by atoms with E-state index in [0.29, 0.717) is 0 Å². The summed E-state index contributed by atoms with van der Waals surface area (Å²) in [6, 6.07) is 9.53. The average molecular weight is 179 g/mol. The Morgan fingerprint density at radius 1 is 1.25 bits per heavy atom. The number of carbonyl (C=O) groups excluding carboxylic acids is 1. The van der Waals surface area contributed by atoms with Gasteiger partial charge < -0.3 is 5.73 Å². The Labute approximate surface area is 76.1 Å². The molecule has 0 aliphatic carbocycles. The van der Waals surface area contributed by atoms with Crippen molar-refractivity contribution in [1.82, 2.24) is 0 Å². The summed E-state index contributed by atoms with van der Waals surface area (Å²) < 4.78 is 0. The lowest BCUT2D eigenvalue weighted by Crippen LogP contribution is -2.04. The number of rotatable bonds is 2. The Hall–Kier alpha value is -1.35. The van der Waals surface area contributed by atoms with Crippen molar-refractivity contribution in [2.75, 3.05) is 0 Å². The number of amides is 1. The van der Waals surface area contributed by atoms with Crippen LogP contribution in [-0.2, 0) is 4.79 Å². The zero-order valence-corrected chi connectivity index (χ0v) is 6.03. The van der Waals surface area contributed by atoms with E-state index in [1.54, 1.807) is 6.08 Å². The first-order valence-corrected chi connectivity index (χ1v) is 3.31. The maximum atomic E-state index is 10.3. The molecule has 2 N–H and O–H groups in total. The molecule has 1 aromatic carbocycles. The first kappa shape index (κ1) is 10.6. The number of primary amides is 1. The summed E-state index contributed by atoms with van der Waals surface area (Å²) in [5, 5.41) is 0. The Morgan fingerprint density at radius 3 is 2.33 bits per heavy atom. The monoisotopic (exact) mass is 179 g/mol. The van der Waals surface area contributed by atoms with Crippen LogP contribution >= 0.6 is 0 Å². The van der Waals surface area contributed by atoms with E-state index in [1.165, 1.54) is 6.08 Å². The van der Waals surface area contributed by atoms with Crippen LogP contribution in [0.2, 0.25) is 0 Å². The zero-order valence-electron chi connectivity index (χ0n) is 6.03. The molecule has 0 aliphatic rings. The SMILES string of the molecule is NC(=O)/C=C/c1ccccc1.[SiH4]. The van der Waals surface area contributed by atoms with Crippen LogP contribution in [0.3, 0.4) is 0 Å². The Bertz CT molecular complexity index is 269. The molecule has 1 amide bonds. The first-order chi connectivity index (χ1) is 5.29. The first-order valence-electron chi connectivity index (χ1n) is 3.31. The number of hydrogen-bond acceptors (Lipinski definition) is 1. The summed E-state index contributed by atoms with van der Waals surface area (Å²) in [5.41, 5.74) is 5.89. The fourth-order valence-electron chi connectivity index (χ4n) is 0.743. The molecule has 64 valence electrons. The maximum absolute atomic E-state index is 10.3. The standard InChI is InChI=1S/C9H9NO.H4Si/c10-9(11)7-6-8-4-2-1-3-5-8;/h1-7H,(H2,10,11);1H4/b7-6+;. The van der Waals surface area contributed by atoms with Crippen LogP contribution in [0.15, 0.2) is 36.4 Å². The van der Waals surface area contributed by atoms with Crippen LogP contribution in [0.1, 0.15) is 5.56 Å². The van der Waals surface area contributed by atoms with Gasteiger partial charge in [0.1, 0.15) is 0 Å². The van der Waals surface area contributed by atoms with Crippen LogP contribution in [-0.4, -0.2) is 16.9 Å². The summed E-state index contributed by atoms with van der Waals surface area (Å²) >= 11 is 0. The van der Waals surface area contributed by atoms with Gasteiger partial charge >= 0.3 is 0 Å². The molecule has 2 nitrogen and oxygen atoms in total. The van der Waals surface area contributed by atoms with Gasteiger partial charge in [-0.1, -0.05) is 30.3 Å². The molecule has 12 heavy (non-hydrogen) atoms. The molecule has 3 heteroatoms. The molecule has 0 aromatic heterocycles. The van der Waals surface area contributed by atoms with Crippen LogP contribution in [0.5, 0.6) is 0 Å². The fourth-order valence-corrected chi connectivity index (χ4v) is 0.743. The van der Waals surface area contributed by atoms with Crippen molar-refractivity contribution >= 4 is 22.9 Å².